The smallest absolute Gasteiger partial charge is 0.412 e. The molecule has 0 fully saturated rings. The number of Topliss-reactive ketones (excluding diaryl/α,β-unsaturated/α-hetero) is 1. The van der Waals surface area contributed by atoms with Gasteiger partial charge in [-0.2, -0.15) is 0 Å². The van der Waals surface area contributed by atoms with Crippen LogP contribution in [-0.2, 0) is 26.9 Å². The third-order valence-electron chi connectivity index (χ3n) is 4.48. The van der Waals surface area contributed by atoms with Gasteiger partial charge in [-0.15, -0.1) is 0 Å². The van der Waals surface area contributed by atoms with E-state index in [1.807, 2.05) is 44.2 Å². The van der Waals surface area contributed by atoms with Gasteiger partial charge in [0.2, 0.25) is 5.78 Å². The Labute approximate surface area is 150 Å². The Bertz CT molecular complexity index is 726. The predicted octanol–water partition coefficient (Wildman–Crippen LogP) is 3.10. The fraction of sp³-hybridized carbons (Fsp3) is 0.368. The maximum absolute atomic E-state index is 12.9. The van der Waals surface area contributed by atoms with Gasteiger partial charge in [-0.05, 0) is 17.6 Å². The lowest BCUT2D eigenvalue weighted by Gasteiger charge is -2.34. The van der Waals surface area contributed by atoms with E-state index in [-0.39, 0.29) is 24.0 Å². The summed E-state index contributed by atoms with van der Waals surface area (Å²) in [4.78, 5) is 24.9. The van der Waals surface area contributed by atoms with Crippen molar-refractivity contribution in [2.24, 2.45) is 5.92 Å². The van der Waals surface area contributed by atoms with Crippen molar-refractivity contribution < 1.29 is 18.5 Å². The van der Waals surface area contributed by atoms with Crippen molar-refractivity contribution >= 4 is 22.7 Å². The van der Waals surface area contributed by atoms with Gasteiger partial charge in [0.15, 0.2) is 0 Å². The highest BCUT2D eigenvalue weighted by atomic mass is 32.2. The van der Waals surface area contributed by atoms with E-state index < -0.39 is 21.6 Å². The molecule has 5 nitrogen and oxygen atoms in total. The van der Waals surface area contributed by atoms with Crippen LogP contribution in [0.15, 0.2) is 54.3 Å². The van der Waals surface area contributed by atoms with E-state index in [1.165, 1.54) is 12.3 Å². The van der Waals surface area contributed by atoms with Crippen LogP contribution in [0.5, 0.6) is 0 Å². The number of hydrogen-bond acceptors (Lipinski definition) is 4. The first-order valence-corrected chi connectivity index (χ1v) is 9.73. The van der Waals surface area contributed by atoms with Crippen molar-refractivity contribution in [1.29, 1.82) is 0 Å². The summed E-state index contributed by atoms with van der Waals surface area (Å²) in [6.07, 6.45) is 6.37. The molecule has 0 saturated heterocycles. The van der Waals surface area contributed by atoms with Crippen LogP contribution in [0.3, 0.4) is 0 Å². The van der Waals surface area contributed by atoms with Gasteiger partial charge in [0, 0.05) is 17.1 Å². The Morgan fingerprint density at radius 1 is 1.32 bits per heavy atom. The van der Waals surface area contributed by atoms with Crippen molar-refractivity contribution in [3.63, 3.8) is 0 Å². The maximum Gasteiger partial charge on any atom is 0.412 e. The molecule has 3 atom stereocenters. The summed E-state index contributed by atoms with van der Waals surface area (Å²) < 4.78 is 16.4. The van der Waals surface area contributed by atoms with Crippen LogP contribution < -0.4 is 5.32 Å². The summed E-state index contributed by atoms with van der Waals surface area (Å²) in [5, 5.41) is 2.49. The average molecular weight is 361 g/mol. The molecule has 0 radical (unpaired) electrons. The summed E-state index contributed by atoms with van der Waals surface area (Å²) in [5.41, 5.74) is 0.959. The molecule has 0 saturated carbocycles. The summed E-state index contributed by atoms with van der Waals surface area (Å²) >= 11 is 0. The van der Waals surface area contributed by atoms with Gasteiger partial charge < -0.3 is 4.74 Å². The third-order valence-corrected chi connectivity index (χ3v) is 6.15. The second-order valence-corrected chi connectivity index (χ2v) is 7.60. The lowest BCUT2D eigenvalue weighted by Crippen LogP contribution is -2.51. The van der Waals surface area contributed by atoms with E-state index in [0.29, 0.717) is 6.42 Å². The number of amides is 1. The Morgan fingerprint density at radius 3 is 2.60 bits per heavy atom. The van der Waals surface area contributed by atoms with Gasteiger partial charge in [0.1, 0.15) is 11.4 Å². The second kappa shape index (κ2) is 8.25. The minimum absolute atomic E-state index is 0.107. The fourth-order valence-corrected chi connectivity index (χ4v) is 4.19. The minimum Gasteiger partial charge on any atom is -0.444 e. The molecular weight excluding hydrogens is 338 g/mol. The average Bonchev–Trinajstić information content (AvgIpc) is 2.62. The van der Waals surface area contributed by atoms with Gasteiger partial charge >= 0.3 is 6.09 Å². The van der Waals surface area contributed by atoms with Gasteiger partial charge in [-0.1, -0.05) is 62.8 Å². The number of rotatable bonds is 6. The maximum atomic E-state index is 12.9. The molecule has 2 unspecified atom stereocenters. The van der Waals surface area contributed by atoms with Gasteiger partial charge in [-0.3, -0.25) is 14.3 Å². The van der Waals surface area contributed by atoms with Crippen molar-refractivity contribution in [3.05, 3.63) is 59.8 Å². The zero-order valence-electron chi connectivity index (χ0n) is 14.7. The Morgan fingerprint density at radius 2 is 2.00 bits per heavy atom. The van der Waals surface area contributed by atoms with Crippen LogP contribution in [0, 0.1) is 5.92 Å². The number of carbonyl (C=O) groups is 2. The van der Waals surface area contributed by atoms with E-state index in [2.05, 4.69) is 5.32 Å². The lowest BCUT2D eigenvalue weighted by atomic mass is 9.83. The Hall–Kier alpha value is -2.21. The van der Waals surface area contributed by atoms with Crippen molar-refractivity contribution in [2.75, 3.05) is 6.26 Å². The molecule has 0 aliphatic heterocycles. The highest BCUT2D eigenvalue weighted by Gasteiger charge is 2.47. The number of benzene rings is 1. The molecule has 1 N–H and O–H groups in total. The van der Waals surface area contributed by atoms with Crippen LogP contribution in [0.25, 0.3) is 0 Å². The number of nitrogens with one attached hydrogen (secondary N) is 1. The number of hydrogen-bond donors (Lipinski definition) is 1. The largest absolute Gasteiger partial charge is 0.444 e. The Balaban J connectivity index is 2.08. The van der Waals surface area contributed by atoms with Crippen LogP contribution in [0.4, 0.5) is 4.79 Å². The number of alkyl carbamates (subject to hydrolysis) is 1. The molecule has 25 heavy (non-hydrogen) atoms. The van der Waals surface area contributed by atoms with Crippen molar-refractivity contribution in [2.45, 2.75) is 31.6 Å². The number of allylic oxidation sites excluding steroid dienone is 3. The van der Waals surface area contributed by atoms with Gasteiger partial charge in [0.25, 0.3) is 0 Å². The van der Waals surface area contributed by atoms with Gasteiger partial charge in [-0.25, -0.2) is 4.79 Å². The summed E-state index contributed by atoms with van der Waals surface area (Å²) in [7, 11) is -1.41. The molecular formula is C19H23NO4S. The summed E-state index contributed by atoms with van der Waals surface area (Å²) in [6.45, 7) is 3.94. The fourth-order valence-electron chi connectivity index (χ4n) is 2.82. The topological polar surface area (TPSA) is 72.5 Å². The summed E-state index contributed by atoms with van der Waals surface area (Å²) in [6, 6.07) is 9.27. The van der Waals surface area contributed by atoms with Crippen LogP contribution in [-0.4, -0.2) is 27.1 Å². The SMILES string of the molecule is CC[C@H](C)C1(S(C)=O)C=CC=C(NC(=O)OCc2ccccc2)C1=O. The van der Waals surface area contributed by atoms with E-state index in [0.717, 1.165) is 5.56 Å². The number of ether oxygens (including phenoxy) is 1. The molecule has 1 aliphatic rings. The first-order chi connectivity index (χ1) is 11.9. The lowest BCUT2D eigenvalue weighted by molar-refractivity contribution is -0.118. The molecule has 134 valence electrons. The monoisotopic (exact) mass is 361 g/mol. The van der Waals surface area contributed by atoms with E-state index in [4.69, 9.17) is 4.74 Å². The minimum atomic E-state index is -1.41. The number of ketones is 1. The van der Waals surface area contributed by atoms with E-state index in [1.54, 1.807) is 12.2 Å². The second-order valence-electron chi connectivity index (χ2n) is 6.01. The molecule has 0 heterocycles. The quantitative estimate of drug-likeness (QED) is 0.845. The molecule has 1 aromatic rings. The molecule has 1 aromatic carbocycles. The van der Waals surface area contributed by atoms with Crippen molar-refractivity contribution in [3.8, 4) is 0 Å². The third kappa shape index (κ3) is 4.07. The highest BCUT2D eigenvalue weighted by Crippen LogP contribution is 2.33. The first kappa shape index (κ1) is 19.1. The highest BCUT2D eigenvalue weighted by molar-refractivity contribution is 7.86. The zero-order valence-corrected chi connectivity index (χ0v) is 15.5. The predicted molar refractivity (Wildman–Crippen MR) is 98.2 cm³/mol. The van der Waals surface area contributed by atoms with Crippen LogP contribution in [0.2, 0.25) is 0 Å². The van der Waals surface area contributed by atoms with Crippen molar-refractivity contribution in [1.82, 2.24) is 5.32 Å². The normalized spacial score (nSPS) is 22.0. The van der Waals surface area contributed by atoms with Crippen LogP contribution in [0.1, 0.15) is 25.8 Å². The van der Waals surface area contributed by atoms with Crippen LogP contribution >= 0.6 is 0 Å². The van der Waals surface area contributed by atoms with Gasteiger partial charge in [0.05, 0.1) is 5.70 Å². The first-order valence-electron chi connectivity index (χ1n) is 8.17. The molecule has 1 aliphatic carbocycles. The Kier molecular flexibility index (Phi) is 6.31. The number of carbonyl (C=O) groups excluding carboxylic acids is 2. The van der Waals surface area contributed by atoms with E-state index >= 15 is 0 Å². The molecule has 6 heteroatoms. The zero-order chi connectivity index (χ0) is 18.4. The molecule has 2 rings (SSSR count). The van der Waals surface area contributed by atoms with E-state index in [9.17, 15) is 13.8 Å². The summed E-state index contributed by atoms with van der Waals surface area (Å²) in [5.74, 6) is -0.463. The molecule has 0 bridgehead atoms. The molecule has 0 spiro atoms. The molecule has 1 amide bonds. The molecule has 0 aromatic heterocycles. The standard InChI is InChI=1S/C19H23NO4S/c1-4-14(2)19(25(3)23)12-8-11-16(17(19)21)20-18(22)24-13-15-9-6-5-7-10-15/h5-12,14H,4,13H2,1-3H3,(H,20,22)/t14-,19?,25?/m0/s1.